The molecule has 0 saturated heterocycles. The molecule has 0 saturated carbocycles. The van der Waals surface area contributed by atoms with Crippen molar-refractivity contribution in [3.05, 3.63) is 35.6 Å². The van der Waals surface area contributed by atoms with Crippen molar-refractivity contribution in [3.63, 3.8) is 0 Å². The van der Waals surface area contributed by atoms with Gasteiger partial charge in [0, 0.05) is 13.7 Å². The average Bonchev–Trinajstić information content (AvgIpc) is 2.37. The van der Waals surface area contributed by atoms with Crippen molar-refractivity contribution in [3.8, 4) is 0 Å². The van der Waals surface area contributed by atoms with Gasteiger partial charge in [-0.1, -0.05) is 12.1 Å². The van der Waals surface area contributed by atoms with Crippen LogP contribution in [0.25, 0.3) is 0 Å². The summed E-state index contributed by atoms with van der Waals surface area (Å²) >= 11 is 0. The molecule has 0 bridgehead atoms. The molecule has 2 N–H and O–H groups in total. The monoisotopic (exact) mass is 268 g/mol. The van der Waals surface area contributed by atoms with Crippen LogP contribution in [-0.4, -0.2) is 38.6 Å². The molecule has 0 unspecified atom stereocenters. The number of ether oxygens (including phenoxy) is 1. The summed E-state index contributed by atoms with van der Waals surface area (Å²) in [5, 5.41) is 5.04. The zero-order chi connectivity index (χ0) is 14.1. The van der Waals surface area contributed by atoms with Crippen LogP contribution in [0.1, 0.15) is 5.56 Å². The first-order valence-corrected chi connectivity index (χ1v) is 5.88. The maximum atomic E-state index is 12.9. The number of rotatable bonds is 7. The number of hydrogen-bond acceptors (Lipinski definition) is 3. The number of benzene rings is 1. The number of halogens is 1. The molecule has 1 rings (SSSR count). The van der Waals surface area contributed by atoms with Crippen LogP contribution in [0.15, 0.2) is 24.3 Å². The van der Waals surface area contributed by atoms with Gasteiger partial charge in [0.25, 0.3) is 0 Å². The smallest absolute Gasteiger partial charge is 0.239 e. The van der Waals surface area contributed by atoms with Gasteiger partial charge in [-0.15, -0.1) is 0 Å². The molecule has 0 radical (unpaired) electrons. The van der Waals surface area contributed by atoms with E-state index in [1.807, 2.05) is 0 Å². The van der Waals surface area contributed by atoms with Gasteiger partial charge in [0.2, 0.25) is 11.8 Å². The van der Waals surface area contributed by atoms with Crippen LogP contribution in [0.5, 0.6) is 0 Å². The normalized spacial score (nSPS) is 10.0. The molecule has 2 amide bonds. The number of hydrogen-bond donors (Lipinski definition) is 2. The molecule has 0 heterocycles. The lowest BCUT2D eigenvalue weighted by atomic mass is 10.1. The maximum absolute atomic E-state index is 12.9. The quantitative estimate of drug-likeness (QED) is 0.696. The molecular formula is C13H17FN2O3. The first-order chi connectivity index (χ1) is 9.11. The molecule has 0 atom stereocenters. The Bertz CT molecular complexity index is 438. The first-order valence-electron chi connectivity index (χ1n) is 5.88. The molecule has 0 aromatic heterocycles. The second kappa shape index (κ2) is 8.20. The first kappa shape index (κ1) is 15.1. The van der Waals surface area contributed by atoms with E-state index in [9.17, 15) is 14.0 Å². The van der Waals surface area contributed by atoms with Crippen LogP contribution in [0.4, 0.5) is 4.39 Å². The van der Waals surface area contributed by atoms with Gasteiger partial charge in [-0.25, -0.2) is 4.39 Å². The third-order valence-corrected chi connectivity index (χ3v) is 2.33. The molecule has 0 aliphatic heterocycles. The highest BCUT2D eigenvalue weighted by Crippen LogP contribution is 2.03. The van der Waals surface area contributed by atoms with E-state index in [0.29, 0.717) is 18.7 Å². The fourth-order valence-corrected chi connectivity index (χ4v) is 1.43. The molecule has 0 aliphatic rings. The van der Waals surface area contributed by atoms with Crippen molar-refractivity contribution in [2.75, 3.05) is 26.8 Å². The molecule has 6 heteroatoms. The van der Waals surface area contributed by atoms with Gasteiger partial charge in [-0.2, -0.15) is 0 Å². The second-order valence-corrected chi connectivity index (χ2v) is 3.93. The zero-order valence-electron chi connectivity index (χ0n) is 10.7. The van der Waals surface area contributed by atoms with Crippen molar-refractivity contribution in [1.29, 1.82) is 0 Å². The van der Waals surface area contributed by atoms with Gasteiger partial charge >= 0.3 is 0 Å². The van der Waals surface area contributed by atoms with E-state index >= 15 is 0 Å². The number of carbonyl (C=O) groups is 2. The summed E-state index contributed by atoms with van der Waals surface area (Å²) in [5.74, 6) is -1.00. The largest absolute Gasteiger partial charge is 0.383 e. The van der Waals surface area contributed by atoms with E-state index in [1.54, 1.807) is 6.07 Å². The van der Waals surface area contributed by atoms with Gasteiger partial charge in [-0.3, -0.25) is 9.59 Å². The Hall–Kier alpha value is -1.95. The minimum atomic E-state index is -0.386. The van der Waals surface area contributed by atoms with Crippen LogP contribution in [0, 0.1) is 5.82 Å². The van der Waals surface area contributed by atoms with Crippen LogP contribution in [0.2, 0.25) is 0 Å². The van der Waals surface area contributed by atoms with Crippen LogP contribution < -0.4 is 10.6 Å². The van der Waals surface area contributed by atoms with Crippen molar-refractivity contribution in [1.82, 2.24) is 10.6 Å². The lowest BCUT2D eigenvalue weighted by molar-refractivity contribution is -0.125. The fourth-order valence-electron chi connectivity index (χ4n) is 1.43. The fraction of sp³-hybridized carbons (Fsp3) is 0.385. The van der Waals surface area contributed by atoms with Gasteiger partial charge in [0.1, 0.15) is 5.82 Å². The Morgan fingerprint density at radius 1 is 1.26 bits per heavy atom. The number of carbonyl (C=O) groups excluding carboxylic acids is 2. The summed E-state index contributed by atoms with van der Waals surface area (Å²) in [4.78, 5) is 22.8. The topological polar surface area (TPSA) is 67.4 Å². The van der Waals surface area contributed by atoms with Crippen LogP contribution in [0.3, 0.4) is 0 Å². The Morgan fingerprint density at radius 3 is 2.74 bits per heavy atom. The Kier molecular flexibility index (Phi) is 6.52. The van der Waals surface area contributed by atoms with Gasteiger partial charge < -0.3 is 15.4 Å². The summed E-state index contributed by atoms with van der Waals surface area (Å²) in [6.45, 7) is 0.718. The van der Waals surface area contributed by atoms with Crippen molar-refractivity contribution in [2.45, 2.75) is 6.42 Å². The van der Waals surface area contributed by atoms with Crippen molar-refractivity contribution in [2.24, 2.45) is 0 Å². The van der Waals surface area contributed by atoms with Crippen molar-refractivity contribution >= 4 is 11.8 Å². The highest BCUT2D eigenvalue weighted by molar-refractivity contribution is 5.85. The number of methoxy groups -OCH3 is 1. The zero-order valence-corrected chi connectivity index (χ0v) is 10.7. The van der Waals surface area contributed by atoms with Gasteiger partial charge in [-0.05, 0) is 17.7 Å². The lowest BCUT2D eigenvalue weighted by Crippen LogP contribution is -2.38. The molecule has 104 valence electrons. The van der Waals surface area contributed by atoms with E-state index in [1.165, 1.54) is 25.3 Å². The average molecular weight is 268 g/mol. The molecule has 0 aliphatic carbocycles. The molecular weight excluding hydrogens is 251 g/mol. The van der Waals surface area contributed by atoms with Crippen LogP contribution in [-0.2, 0) is 20.7 Å². The van der Waals surface area contributed by atoms with Crippen molar-refractivity contribution < 1.29 is 18.7 Å². The molecule has 0 spiro atoms. The Balaban J connectivity index is 2.26. The predicted molar refractivity (Wildman–Crippen MR) is 68.0 cm³/mol. The number of amides is 2. The van der Waals surface area contributed by atoms with Crippen LogP contribution >= 0.6 is 0 Å². The van der Waals surface area contributed by atoms with E-state index in [4.69, 9.17) is 4.74 Å². The Morgan fingerprint density at radius 2 is 2.05 bits per heavy atom. The maximum Gasteiger partial charge on any atom is 0.239 e. The summed E-state index contributed by atoms with van der Waals surface area (Å²) in [6.07, 6.45) is 0.0448. The van der Waals surface area contributed by atoms with Gasteiger partial charge in [0.15, 0.2) is 0 Å². The molecule has 5 nitrogen and oxygen atoms in total. The lowest BCUT2D eigenvalue weighted by Gasteiger charge is -2.06. The predicted octanol–water partition coefficient (Wildman–Crippen LogP) is 0.247. The summed E-state index contributed by atoms with van der Waals surface area (Å²) in [5.41, 5.74) is 0.567. The summed E-state index contributed by atoms with van der Waals surface area (Å²) in [6, 6.07) is 5.79. The van der Waals surface area contributed by atoms with E-state index in [0.717, 1.165) is 0 Å². The SMILES string of the molecule is COCCNC(=O)CNC(=O)Cc1cccc(F)c1. The third-order valence-electron chi connectivity index (χ3n) is 2.33. The van der Waals surface area contributed by atoms with E-state index in [-0.39, 0.29) is 30.6 Å². The Labute approximate surface area is 111 Å². The second-order valence-electron chi connectivity index (χ2n) is 3.93. The molecule has 1 aromatic rings. The molecule has 0 fully saturated rings. The highest BCUT2D eigenvalue weighted by Gasteiger charge is 2.06. The molecule has 1 aromatic carbocycles. The third kappa shape index (κ3) is 6.52. The minimum Gasteiger partial charge on any atom is -0.383 e. The number of nitrogens with one attached hydrogen (secondary N) is 2. The highest BCUT2D eigenvalue weighted by atomic mass is 19.1. The summed E-state index contributed by atoms with van der Waals surface area (Å²) in [7, 11) is 1.53. The minimum absolute atomic E-state index is 0.0448. The van der Waals surface area contributed by atoms with Gasteiger partial charge in [0.05, 0.1) is 19.6 Å². The standard InChI is InChI=1S/C13H17FN2O3/c1-19-6-5-15-13(18)9-16-12(17)8-10-3-2-4-11(14)7-10/h2-4,7H,5-6,8-9H2,1H3,(H,15,18)(H,16,17). The van der Waals surface area contributed by atoms with E-state index < -0.39 is 0 Å². The van der Waals surface area contributed by atoms with E-state index in [2.05, 4.69) is 10.6 Å². The summed E-state index contributed by atoms with van der Waals surface area (Å²) < 4.78 is 17.7. The molecule has 19 heavy (non-hydrogen) atoms.